The fourth-order valence-electron chi connectivity index (χ4n) is 0. The van der Waals surface area contributed by atoms with Crippen molar-refractivity contribution < 1.29 is 26.2 Å². The third-order valence-corrected chi connectivity index (χ3v) is 0.0861. The molecule has 0 N–H and O–H groups in total. The molecule has 0 aliphatic carbocycles. The molecule has 0 saturated heterocycles. The van der Waals surface area contributed by atoms with Crippen molar-refractivity contribution in [1.82, 2.24) is 0 Å². The molecule has 0 heterocycles. The van der Waals surface area contributed by atoms with Gasteiger partial charge in [-0.1, -0.05) is 0 Å². The molecule has 24 valence electrons. The number of hydrogen-bond acceptors (Lipinski definition) is 0. The second-order valence-corrected chi connectivity index (χ2v) is 0.342. The van der Waals surface area contributed by atoms with Crippen LogP contribution in [0.15, 0.2) is 6.08 Å². The van der Waals surface area contributed by atoms with Gasteiger partial charge >= 0.3 is 26.2 Å². The largest absolute Gasteiger partial charge is 2.00 e. The molecule has 5 heavy (non-hydrogen) atoms. The molecule has 0 unspecified atom stereocenters. The van der Waals surface area contributed by atoms with Gasteiger partial charge < -0.3 is 11.6 Å². The topological polar surface area (TPSA) is 22.3 Å². The third kappa shape index (κ3) is 13.5. The molecule has 0 bridgehead atoms. The maximum absolute atomic E-state index is 7.57. The number of nitrogens with zero attached hydrogens (tertiary/aromatic N) is 1. The van der Waals surface area contributed by atoms with Crippen LogP contribution in [0.4, 0.5) is 0 Å². The zero-order chi connectivity index (χ0) is 3.41. The molecule has 0 aromatic carbocycles. The Morgan fingerprint density at radius 2 is 1.80 bits per heavy atom. The van der Waals surface area contributed by atoms with E-state index in [1.807, 2.05) is 0 Å². The van der Waals surface area contributed by atoms with Gasteiger partial charge in [-0.3, -0.25) is 12.7 Å². The Hall–Kier alpha value is 0.293. The number of allylic oxidation sites excluding steroid dienone is 1. The second kappa shape index (κ2) is 8.85. The normalized spacial score (nSPS) is 4.00. The van der Waals surface area contributed by atoms with Gasteiger partial charge in [-0.15, -0.1) is 0 Å². The molecule has 0 amide bonds. The van der Waals surface area contributed by atoms with E-state index < -0.39 is 0 Å². The van der Waals surface area contributed by atoms with Crippen LogP contribution < -0.4 is 0 Å². The Balaban J connectivity index is 0. The number of rotatable bonds is 1. The van der Waals surface area contributed by atoms with Crippen LogP contribution in [0.5, 0.6) is 0 Å². The van der Waals surface area contributed by atoms with Gasteiger partial charge in [-0.05, 0) is 0 Å². The quantitative estimate of drug-likeness (QED) is 0.380. The summed E-state index contributed by atoms with van der Waals surface area (Å²) >= 11 is 0. The minimum Gasteiger partial charge on any atom is -0.911 e. The zero-order valence-corrected chi connectivity index (χ0v) is 5.14. The monoisotopic (exact) mass is 143 g/mol. The molecule has 0 aromatic rings. The first-order valence-electron chi connectivity index (χ1n) is 0.925. The summed E-state index contributed by atoms with van der Waals surface area (Å²) in [5, 5.41) is 7.57. The molecule has 0 rings (SSSR count). The molecule has 1 nitrogen and oxygen atoms in total. The molecule has 0 aromatic heterocycles. The van der Waals surface area contributed by atoms with E-state index in [-0.39, 0.29) is 26.2 Å². The van der Waals surface area contributed by atoms with E-state index >= 15 is 0 Å². The Labute approximate surface area is 50.7 Å². The summed E-state index contributed by atoms with van der Waals surface area (Å²) in [7, 11) is 0. The summed E-state index contributed by atoms with van der Waals surface area (Å²) in [6, 6.07) is 0. The van der Waals surface area contributed by atoms with Crippen LogP contribution in [0.25, 0.3) is 5.41 Å². The van der Waals surface area contributed by atoms with Crippen LogP contribution in [-0.4, -0.2) is 6.21 Å². The second-order valence-electron chi connectivity index (χ2n) is 0.342. The summed E-state index contributed by atoms with van der Waals surface area (Å²) in [6.07, 6.45) is 1.83. The predicted octanol–water partition coefficient (Wildman–Crippen LogP) is 0.613. The van der Waals surface area contributed by atoms with E-state index in [1.165, 1.54) is 0 Å². The van der Waals surface area contributed by atoms with Gasteiger partial charge in [0.05, 0.1) is 0 Å². The molecule has 0 radical (unpaired) electrons. The standard InChI is InChI=1S/C3H3N.Zr/c1-2-3-4;/h1-3H;/q-2;+2. The van der Waals surface area contributed by atoms with Crippen LogP contribution in [0.1, 0.15) is 0 Å². The van der Waals surface area contributed by atoms with Crippen molar-refractivity contribution in [3.8, 4) is 0 Å². The average molecular weight is 144 g/mol. The minimum absolute atomic E-state index is 0. The molecule has 0 fully saturated rings. The van der Waals surface area contributed by atoms with E-state index in [0.717, 1.165) is 12.3 Å². The summed E-state index contributed by atoms with van der Waals surface area (Å²) in [6.45, 7) is 4.60. The molecule has 0 spiro atoms. The molecule has 0 aliphatic heterocycles. The van der Waals surface area contributed by atoms with Crippen molar-refractivity contribution >= 4 is 6.21 Å². The van der Waals surface area contributed by atoms with E-state index in [4.69, 9.17) is 5.41 Å². The first-order valence-corrected chi connectivity index (χ1v) is 0.925. The summed E-state index contributed by atoms with van der Waals surface area (Å²) in [5.74, 6) is 0. The first-order chi connectivity index (χ1) is 1.91. The van der Waals surface area contributed by atoms with E-state index in [1.54, 1.807) is 0 Å². The van der Waals surface area contributed by atoms with Gasteiger partial charge in [0.15, 0.2) is 0 Å². The van der Waals surface area contributed by atoms with Gasteiger partial charge in [0, 0.05) is 0 Å². The van der Waals surface area contributed by atoms with Gasteiger partial charge in [-0.25, -0.2) is 0 Å². The van der Waals surface area contributed by atoms with Crippen molar-refractivity contribution in [3.05, 3.63) is 18.1 Å². The van der Waals surface area contributed by atoms with Crippen molar-refractivity contribution in [3.63, 3.8) is 0 Å². The zero-order valence-electron chi connectivity index (χ0n) is 2.68. The fraction of sp³-hybridized carbons (Fsp3) is 0. The molecular formula is C3H3NZr. The van der Waals surface area contributed by atoms with Crippen LogP contribution in [0.2, 0.25) is 0 Å². The maximum atomic E-state index is 7.57. The Bertz CT molecular complexity index is 27.9. The van der Waals surface area contributed by atoms with Crippen molar-refractivity contribution in [2.24, 2.45) is 0 Å². The Morgan fingerprint density at radius 1 is 1.60 bits per heavy atom. The van der Waals surface area contributed by atoms with E-state index in [9.17, 15) is 0 Å². The summed E-state index contributed by atoms with van der Waals surface area (Å²) in [4.78, 5) is 0. The molecule has 0 saturated carbocycles. The Morgan fingerprint density at radius 3 is 1.80 bits per heavy atom. The van der Waals surface area contributed by atoms with Crippen LogP contribution in [0, 0.1) is 6.58 Å². The van der Waals surface area contributed by atoms with Gasteiger partial charge in [0.1, 0.15) is 0 Å². The van der Waals surface area contributed by atoms with Crippen LogP contribution >= 0.6 is 0 Å². The van der Waals surface area contributed by atoms with Crippen molar-refractivity contribution in [2.75, 3.05) is 0 Å². The van der Waals surface area contributed by atoms with Crippen LogP contribution in [0.3, 0.4) is 0 Å². The van der Waals surface area contributed by atoms with Gasteiger partial charge in [0.2, 0.25) is 0 Å². The smallest absolute Gasteiger partial charge is 0.911 e. The van der Waals surface area contributed by atoms with E-state index in [2.05, 4.69) is 6.58 Å². The summed E-state index contributed by atoms with van der Waals surface area (Å²) in [5.41, 5.74) is 0. The fourth-order valence-corrected chi connectivity index (χ4v) is 0. The van der Waals surface area contributed by atoms with Crippen molar-refractivity contribution in [2.45, 2.75) is 0 Å². The average Bonchev–Trinajstić information content (AvgIpc) is 1.37. The maximum Gasteiger partial charge on any atom is 2.00 e. The molecule has 2 heteroatoms. The molecule has 0 atom stereocenters. The van der Waals surface area contributed by atoms with Crippen LogP contribution in [-0.2, 0) is 26.2 Å². The van der Waals surface area contributed by atoms with Gasteiger partial charge in [-0.2, -0.15) is 0 Å². The Kier molecular flexibility index (Phi) is 15.9. The molecular weight excluding hydrogens is 141 g/mol. The SMILES string of the molecule is [CH-]=CC=[N-].[Zr+2]. The predicted molar refractivity (Wildman–Crippen MR) is 18.3 cm³/mol. The third-order valence-electron chi connectivity index (χ3n) is 0.0861. The summed E-state index contributed by atoms with van der Waals surface area (Å²) < 4.78 is 0. The minimum atomic E-state index is 0. The van der Waals surface area contributed by atoms with Gasteiger partial charge in [0.25, 0.3) is 0 Å². The number of hydrogen-bond donors (Lipinski definition) is 0. The van der Waals surface area contributed by atoms with Crippen molar-refractivity contribution in [1.29, 1.82) is 0 Å². The molecule has 0 aliphatic rings. The van der Waals surface area contributed by atoms with E-state index in [0.29, 0.717) is 0 Å². The first kappa shape index (κ1) is 9.00.